The Bertz CT molecular complexity index is 2240. The van der Waals surface area contributed by atoms with Crippen LogP contribution in [-0.2, 0) is 33.2 Å². The molecule has 3 aliphatic heterocycles. The fourth-order valence-electron chi connectivity index (χ4n) is 13.8. The van der Waals surface area contributed by atoms with Gasteiger partial charge in [-0.1, -0.05) is 27.7 Å². The number of hydrogen-bond acceptors (Lipinski definition) is 14. The maximum absolute atomic E-state index is 15.0. The number of nitrogens with zero attached hydrogens (tertiary/aromatic N) is 2. The van der Waals surface area contributed by atoms with Crippen LogP contribution in [0.5, 0.6) is 0 Å². The number of aliphatic hydroxyl groups excluding tert-OH is 2. The average Bonchev–Trinajstić information content (AvgIpc) is 3.50. The van der Waals surface area contributed by atoms with Crippen molar-refractivity contribution in [3.05, 3.63) is 91.0 Å². The Morgan fingerprint density at radius 3 is 1.90 bits per heavy atom. The SMILES string of the molecule is CC[C@H]1OC(=O)[C@H](C)C([C@H]2C[C@@](C)(OC)[C@@H](O)[C@H](C)O2)[C@H](C)[C@@H](O[C@@H]2O[C@H](C)C[C@H](N(C)C)[C@H]2O)[C@](C)(O)C[C@@H](C)CN(C)[C@H](C)[C@@H](OC(=O)NCCCCCC[PH](c2ccccc2)(c2ccccc2)c2ccccc2)[C@]1(C)O. The maximum atomic E-state index is 15.0. The van der Waals surface area contributed by atoms with Crippen LogP contribution in [0.1, 0.15) is 121 Å². The molecule has 3 aromatic carbocycles. The molecule has 15 nitrogen and oxygen atoms in total. The predicted molar refractivity (Wildman–Crippen MR) is 315 cm³/mol. The molecule has 16 heteroatoms. The van der Waals surface area contributed by atoms with Crippen molar-refractivity contribution < 1.29 is 58.4 Å². The van der Waals surface area contributed by atoms with Gasteiger partial charge in [-0.15, -0.1) is 0 Å². The van der Waals surface area contributed by atoms with Crippen LogP contribution in [0.4, 0.5) is 4.79 Å². The third-order valence-corrected chi connectivity index (χ3v) is 23.4. The second-order valence-electron chi connectivity index (χ2n) is 24.7. The number of ether oxygens (including phenoxy) is 6. The molecule has 3 aromatic rings. The van der Waals surface area contributed by atoms with Crippen LogP contribution in [0.2, 0.25) is 0 Å². The number of rotatable bonds is 17. The Balaban J connectivity index is 1.23. The van der Waals surface area contributed by atoms with E-state index in [0.29, 0.717) is 19.5 Å². The number of esters is 1. The normalized spacial score (nSPS) is 36.8. The number of hydrogen-bond donors (Lipinski definition) is 5. The molecule has 5 N–H and O–H groups in total. The molecule has 0 aliphatic carbocycles. The Morgan fingerprint density at radius 2 is 1.37 bits per heavy atom. The molecular formula is C63H100N3O12P. The van der Waals surface area contributed by atoms with Gasteiger partial charge in [-0.3, -0.25) is 4.79 Å². The first kappa shape index (κ1) is 64.6. The quantitative estimate of drug-likeness (QED) is 0.0519. The third kappa shape index (κ3) is 15.2. The van der Waals surface area contributed by atoms with Gasteiger partial charge in [0.05, 0.1) is 41.5 Å². The van der Waals surface area contributed by atoms with Gasteiger partial charge in [-0.2, -0.15) is 0 Å². The number of methoxy groups -OCH3 is 1. The van der Waals surface area contributed by atoms with Crippen molar-refractivity contribution in [2.45, 2.75) is 205 Å². The summed E-state index contributed by atoms with van der Waals surface area (Å²) in [4.78, 5) is 33.0. The van der Waals surface area contributed by atoms with Crippen LogP contribution in [0, 0.1) is 23.7 Å². The minimum absolute atomic E-state index is 0.191. The first-order valence-corrected chi connectivity index (χ1v) is 31.5. The van der Waals surface area contributed by atoms with Crippen molar-refractivity contribution in [2.75, 3.05) is 47.5 Å². The van der Waals surface area contributed by atoms with Crippen LogP contribution in [0.15, 0.2) is 91.0 Å². The predicted octanol–water partition coefficient (Wildman–Crippen LogP) is 7.19. The van der Waals surface area contributed by atoms with Crippen molar-refractivity contribution in [3.63, 3.8) is 0 Å². The van der Waals surface area contributed by atoms with Gasteiger partial charge < -0.3 is 43.9 Å². The molecule has 6 rings (SSSR count). The minimum atomic E-state index is -2.37. The van der Waals surface area contributed by atoms with Gasteiger partial charge in [-0.25, -0.2) is 0 Å². The number of cyclic esters (lactones) is 1. The number of unbranched alkanes of at least 4 members (excludes halogenated alkanes) is 3. The van der Waals surface area contributed by atoms with E-state index in [-0.39, 0.29) is 37.3 Å². The van der Waals surface area contributed by atoms with E-state index in [2.05, 4.69) is 96.3 Å². The van der Waals surface area contributed by atoms with Crippen LogP contribution in [0.3, 0.4) is 0 Å². The fraction of sp³-hybridized carbons (Fsp3) is 0.683. The molecule has 0 aromatic heterocycles. The molecule has 1 amide bonds. The van der Waals surface area contributed by atoms with Gasteiger partial charge in [0.1, 0.15) is 12.2 Å². The van der Waals surface area contributed by atoms with Gasteiger partial charge in [0.15, 0.2) is 6.29 Å². The molecule has 0 bridgehead atoms. The molecule has 0 spiro atoms. The van der Waals surface area contributed by atoms with E-state index in [1.165, 1.54) is 15.9 Å². The molecule has 0 saturated carbocycles. The van der Waals surface area contributed by atoms with E-state index < -0.39 is 109 Å². The van der Waals surface area contributed by atoms with Crippen LogP contribution >= 0.6 is 7.26 Å². The first-order chi connectivity index (χ1) is 37.3. The van der Waals surface area contributed by atoms with Gasteiger partial charge in [-0.05, 0) is 79.9 Å². The summed E-state index contributed by atoms with van der Waals surface area (Å²) in [5, 5.41) is 56.1. The van der Waals surface area contributed by atoms with Gasteiger partial charge >= 0.3 is 227 Å². The summed E-state index contributed by atoms with van der Waals surface area (Å²) in [7, 11) is 4.87. The molecule has 0 radical (unpaired) electrons. The monoisotopic (exact) mass is 1120 g/mol. The second-order valence-corrected chi connectivity index (χ2v) is 28.8. The van der Waals surface area contributed by atoms with Crippen molar-refractivity contribution in [2.24, 2.45) is 23.7 Å². The molecule has 444 valence electrons. The Kier molecular flexibility index (Phi) is 23.0. The molecule has 1 unspecified atom stereocenters. The zero-order valence-electron chi connectivity index (χ0n) is 50.0. The van der Waals surface area contributed by atoms with E-state index in [0.717, 1.165) is 31.8 Å². The van der Waals surface area contributed by atoms with Gasteiger partial charge in [0.25, 0.3) is 0 Å². The first-order valence-electron chi connectivity index (χ1n) is 29.3. The van der Waals surface area contributed by atoms with E-state index in [4.69, 9.17) is 28.4 Å². The Morgan fingerprint density at radius 1 is 0.810 bits per heavy atom. The van der Waals surface area contributed by atoms with Crippen LogP contribution in [-0.4, -0.2) is 174 Å². The standard InChI is InChI=1S/C63H100N3O12P/c1-15-52-63(10,72)57(78-60(70)64-35-27-16-17-28-36-79(47-29-21-18-22-30-47,48-31-23-19-24-32-48)49-33-25-20-26-34-49)45(6)66(13)40-41(2)38-61(8,71)56(77-59-54(67)50(65(11)12)37-42(3)74-59)43(4)53(44(5)58(69)76-52)51-39-62(9,73-14)55(68)46(7)75-51/h18-26,29-34,41-46,50-57,59,67-68,71-72,79H,15-17,27-28,35-40H2,1-14H3,(H,64,70)/t41-,42-,43+,44-,45-,46+,50+,51-,52-,53?,54-,55+,56-,57-,59+,61-,62-,63-/m1/s1. The molecule has 3 heterocycles. The van der Waals surface area contributed by atoms with Gasteiger partial charge in [0, 0.05) is 32.0 Å². The van der Waals surface area contributed by atoms with E-state index in [9.17, 15) is 25.2 Å². The Labute approximate surface area is 473 Å². The molecule has 3 fully saturated rings. The molecular weight excluding hydrogens is 1020 g/mol. The molecule has 3 saturated heterocycles. The zero-order chi connectivity index (χ0) is 58.0. The summed E-state index contributed by atoms with van der Waals surface area (Å²) in [6, 6.07) is 31.9. The fourth-order valence-corrected chi connectivity index (χ4v) is 18.7. The summed E-state index contributed by atoms with van der Waals surface area (Å²) in [5.74, 6) is -3.19. The zero-order valence-corrected chi connectivity index (χ0v) is 51.0. The number of alkyl carbamates (subject to hydrolysis) is 1. The summed E-state index contributed by atoms with van der Waals surface area (Å²) < 4.78 is 38.7. The van der Waals surface area contributed by atoms with E-state index in [1.807, 2.05) is 72.5 Å². The third-order valence-electron chi connectivity index (χ3n) is 18.3. The molecule has 18 atom stereocenters. The molecule has 3 aliphatic rings. The summed E-state index contributed by atoms with van der Waals surface area (Å²) in [6.07, 6.45) is -3.07. The number of aliphatic hydroxyl groups is 4. The topological polar surface area (TPSA) is 189 Å². The van der Waals surface area contributed by atoms with Crippen molar-refractivity contribution in [1.82, 2.24) is 15.1 Å². The van der Waals surface area contributed by atoms with E-state index in [1.54, 1.807) is 34.8 Å². The average molecular weight is 1120 g/mol. The number of carbonyl (C=O) groups excluding carboxylic acids is 2. The number of benzene rings is 3. The molecule has 79 heavy (non-hydrogen) atoms. The summed E-state index contributed by atoms with van der Waals surface area (Å²) >= 11 is 0. The van der Waals surface area contributed by atoms with Crippen molar-refractivity contribution in [3.8, 4) is 0 Å². The Hall–Kier alpha value is -3.57. The number of carbonyl (C=O) groups is 2. The second kappa shape index (κ2) is 28.1. The van der Waals surface area contributed by atoms with Crippen molar-refractivity contribution >= 4 is 35.2 Å². The number of nitrogens with one attached hydrogen (secondary N) is 1. The van der Waals surface area contributed by atoms with E-state index >= 15 is 4.79 Å². The van der Waals surface area contributed by atoms with Crippen LogP contribution < -0.4 is 21.2 Å². The summed E-state index contributed by atoms with van der Waals surface area (Å²) in [6.45, 7) is 19.0. The van der Waals surface area contributed by atoms with Gasteiger partial charge in [0.2, 0.25) is 0 Å². The summed E-state index contributed by atoms with van der Waals surface area (Å²) in [5.41, 5.74) is -4.53. The number of likely N-dealkylation sites (N-methyl/N-ethyl adjacent to an activating group) is 2. The number of amides is 1. The van der Waals surface area contributed by atoms with Crippen molar-refractivity contribution in [1.29, 1.82) is 0 Å². The van der Waals surface area contributed by atoms with Crippen LogP contribution in [0.25, 0.3) is 0 Å².